The Kier molecular flexibility index (Phi) is 6.28. The summed E-state index contributed by atoms with van der Waals surface area (Å²) in [6.07, 6.45) is 4.18. The average Bonchev–Trinajstić information content (AvgIpc) is 2.03. The first-order valence-corrected chi connectivity index (χ1v) is 3.97. The minimum absolute atomic E-state index is 0.470. The molecule has 0 aromatic heterocycles. The van der Waals surface area contributed by atoms with Crippen LogP contribution in [0, 0.1) is 0 Å². The van der Waals surface area contributed by atoms with E-state index >= 15 is 0 Å². The fourth-order valence-corrected chi connectivity index (χ4v) is 0.782. The van der Waals surface area contributed by atoms with Crippen LogP contribution in [0.4, 0.5) is 4.39 Å². The normalized spacial score (nSPS) is 11.7. The van der Waals surface area contributed by atoms with Crippen LogP contribution in [0.5, 0.6) is 0 Å². The molecular formula is C8H14FNO2. The van der Waals surface area contributed by atoms with E-state index in [1.54, 1.807) is 0 Å². The molecular weight excluding hydrogens is 161 g/mol. The number of hydrogen-bond acceptors (Lipinski definition) is 2. The topological polar surface area (TPSA) is 63.3 Å². The fourth-order valence-electron chi connectivity index (χ4n) is 0.782. The van der Waals surface area contributed by atoms with Gasteiger partial charge in [-0.25, -0.2) is 4.79 Å². The molecule has 0 aromatic rings. The average molecular weight is 175 g/mol. The number of allylic oxidation sites excluding steroid dienone is 1. The highest BCUT2D eigenvalue weighted by Gasteiger charge is 2.02. The van der Waals surface area contributed by atoms with E-state index in [0.29, 0.717) is 13.0 Å². The second kappa shape index (κ2) is 6.79. The Labute approximate surface area is 71.1 Å². The lowest BCUT2D eigenvalue weighted by molar-refractivity contribution is -0.134. The molecule has 0 heterocycles. The molecule has 3 N–H and O–H groups in total. The van der Waals surface area contributed by atoms with Gasteiger partial charge >= 0.3 is 5.97 Å². The molecule has 70 valence electrons. The molecule has 0 aliphatic heterocycles. The molecule has 0 rings (SSSR count). The second-order valence-electron chi connectivity index (χ2n) is 2.50. The van der Waals surface area contributed by atoms with Crippen LogP contribution in [-0.4, -0.2) is 17.6 Å². The predicted octanol–water partition coefficient (Wildman–Crippen LogP) is 1.44. The summed E-state index contributed by atoms with van der Waals surface area (Å²) in [5.74, 6) is -2.56. The molecule has 0 unspecified atom stereocenters. The largest absolute Gasteiger partial charge is 0.476 e. The highest BCUT2D eigenvalue weighted by molar-refractivity contribution is 5.83. The van der Waals surface area contributed by atoms with E-state index in [9.17, 15) is 9.18 Å². The third-order valence-electron chi connectivity index (χ3n) is 1.44. The van der Waals surface area contributed by atoms with E-state index in [1.807, 2.05) is 0 Å². The highest BCUT2D eigenvalue weighted by Crippen LogP contribution is 2.04. The van der Waals surface area contributed by atoms with Crippen LogP contribution in [0.2, 0.25) is 0 Å². The lowest BCUT2D eigenvalue weighted by atomic mass is 10.2. The van der Waals surface area contributed by atoms with Gasteiger partial charge in [0, 0.05) is 0 Å². The van der Waals surface area contributed by atoms with Gasteiger partial charge in [0.25, 0.3) is 0 Å². The molecule has 0 amide bonds. The van der Waals surface area contributed by atoms with Crippen molar-refractivity contribution >= 4 is 5.97 Å². The lowest BCUT2D eigenvalue weighted by Gasteiger charge is -1.94. The first-order valence-electron chi connectivity index (χ1n) is 3.97. The Morgan fingerprint density at radius 3 is 2.58 bits per heavy atom. The Balaban J connectivity index is 3.40. The van der Waals surface area contributed by atoms with Crippen molar-refractivity contribution in [3.8, 4) is 0 Å². The van der Waals surface area contributed by atoms with E-state index in [0.717, 1.165) is 25.3 Å². The zero-order chi connectivity index (χ0) is 9.40. The summed E-state index contributed by atoms with van der Waals surface area (Å²) >= 11 is 0. The van der Waals surface area contributed by atoms with Gasteiger partial charge in [0.2, 0.25) is 5.83 Å². The van der Waals surface area contributed by atoms with Crippen LogP contribution in [0.25, 0.3) is 0 Å². The van der Waals surface area contributed by atoms with E-state index in [1.165, 1.54) is 0 Å². The van der Waals surface area contributed by atoms with Crippen molar-refractivity contribution in [3.05, 3.63) is 11.9 Å². The van der Waals surface area contributed by atoms with Crippen molar-refractivity contribution in [2.45, 2.75) is 25.7 Å². The lowest BCUT2D eigenvalue weighted by Crippen LogP contribution is -1.97. The Morgan fingerprint density at radius 2 is 2.08 bits per heavy atom. The van der Waals surface area contributed by atoms with Crippen LogP contribution in [0.15, 0.2) is 11.9 Å². The van der Waals surface area contributed by atoms with Gasteiger partial charge in [-0.15, -0.1) is 0 Å². The highest BCUT2D eigenvalue weighted by atomic mass is 19.1. The maximum atomic E-state index is 12.3. The van der Waals surface area contributed by atoms with Gasteiger partial charge in [-0.1, -0.05) is 6.42 Å². The number of nitrogens with two attached hydrogens (primary N) is 1. The zero-order valence-corrected chi connectivity index (χ0v) is 6.92. The van der Waals surface area contributed by atoms with Crippen LogP contribution in [0.3, 0.4) is 0 Å². The number of halogens is 1. The molecule has 3 nitrogen and oxygen atoms in total. The summed E-state index contributed by atoms with van der Waals surface area (Å²) in [4.78, 5) is 9.96. The van der Waals surface area contributed by atoms with Crippen LogP contribution in [0.1, 0.15) is 25.7 Å². The van der Waals surface area contributed by atoms with E-state index in [-0.39, 0.29) is 0 Å². The van der Waals surface area contributed by atoms with Crippen LogP contribution >= 0.6 is 0 Å². The maximum Gasteiger partial charge on any atom is 0.364 e. The molecule has 12 heavy (non-hydrogen) atoms. The number of carboxylic acid groups (broad SMARTS) is 1. The van der Waals surface area contributed by atoms with Gasteiger partial charge in [-0.05, 0) is 31.9 Å². The number of unbranched alkanes of at least 4 members (excludes halogenated alkanes) is 3. The van der Waals surface area contributed by atoms with E-state index in [2.05, 4.69) is 0 Å². The van der Waals surface area contributed by atoms with E-state index in [4.69, 9.17) is 10.8 Å². The second-order valence-corrected chi connectivity index (χ2v) is 2.50. The van der Waals surface area contributed by atoms with Gasteiger partial charge < -0.3 is 10.8 Å². The predicted molar refractivity (Wildman–Crippen MR) is 44.3 cm³/mol. The summed E-state index contributed by atoms with van der Waals surface area (Å²) in [6.45, 7) is 0.630. The molecule has 0 saturated carbocycles. The minimum Gasteiger partial charge on any atom is -0.476 e. The van der Waals surface area contributed by atoms with Gasteiger partial charge in [0.05, 0.1) is 0 Å². The zero-order valence-electron chi connectivity index (χ0n) is 6.92. The number of aliphatic carboxylic acids is 1. The van der Waals surface area contributed by atoms with Gasteiger partial charge in [-0.3, -0.25) is 0 Å². The van der Waals surface area contributed by atoms with Crippen molar-refractivity contribution in [2.75, 3.05) is 6.54 Å². The third kappa shape index (κ3) is 5.85. The van der Waals surface area contributed by atoms with Crippen molar-refractivity contribution in [1.82, 2.24) is 0 Å². The molecule has 0 saturated heterocycles. The monoisotopic (exact) mass is 175 g/mol. The van der Waals surface area contributed by atoms with Crippen molar-refractivity contribution < 1.29 is 14.3 Å². The number of hydrogen-bond donors (Lipinski definition) is 2. The van der Waals surface area contributed by atoms with Crippen LogP contribution in [-0.2, 0) is 4.79 Å². The SMILES string of the molecule is NCCCCCC=C(F)C(=O)O. The maximum absolute atomic E-state index is 12.3. The first kappa shape index (κ1) is 11.1. The molecule has 0 aliphatic carbocycles. The summed E-state index contributed by atoms with van der Waals surface area (Å²) in [6, 6.07) is 0. The first-order chi connectivity index (χ1) is 5.68. The quantitative estimate of drug-likeness (QED) is 0.474. The molecule has 4 heteroatoms. The van der Waals surface area contributed by atoms with Crippen molar-refractivity contribution in [3.63, 3.8) is 0 Å². The standard InChI is InChI=1S/C8H14FNO2/c9-7(8(11)12)5-3-1-2-4-6-10/h5H,1-4,6,10H2,(H,11,12). The smallest absolute Gasteiger partial charge is 0.364 e. The molecule has 0 radical (unpaired) electrons. The van der Waals surface area contributed by atoms with E-state index < -0.39 is 11.8 Å². The summed E-state index contributed by atoms with van der Waals surface area (Å²) in [5.41, 5.74) is 5.24. The summed E-state index contributed by atoms with van der Waals surface area (Å²) < 4.78 is 12.3. The molecule has 0 spiro atoms. The number of carboxylic acids is 1. The molecule has 0 bridgehead atoms. The summed E-state index contributed by atoms with van der Waals surface area (Å²) in [5, 5.41) is 8.12. The molecule has 0 atom stereocenters. The van der Waals surface area contributed by atoms with Gasteiger partial charge in [0.15, 0.2) is 0 Å². The van der Waals surface area contributed by atoms with Crippen molar-refractivity contribution in [1.29, 1.82) is 0 Å². The molecule has 0 aliphatic rings. The Hall–Kier alpha value is -0.900. The number of carbonyl (C=O) groups is 1. The molecule has 0 aromatic carbocycles. The Bertz CT molecular complexity index is 168. The van der Waals surface area contributed by atoms with Crippen LogP contribution < -0.4 is 5.73 Å². The van der Waals surface area contributed by atoms with Crippen molar-refractivity contribution in [2.24, 2.45) is 5.73 Å². The summed E-state index contributed by atoms with van der Waals surface area (Å²) in [7, 11) is 0. The fraction of sp³-hybridized carbons (Fsp3) is 0.625. The Morgan fingerprint density at radius 1 is 1.42 bits per heavy atom. The third-order valence-corrected chi connectivity index (χ3v) is 1.44. The van der Waals surface area contributed by atoms with Gasteiger partial charge in [0.1, 0.15) is 0 Å². The minimum atomic E-state index is -1.49. The number of rotatable bonds is 6. The van der Waals surface area contributed by atoms with Gasteiger partial charge in [-0.2, -0.15) is 4.39 Å². The molecule has 0 fully saturated rings.